The molecule has 0 aliphatic heterocycles. The number of hydrogen-bond donors (Lipinski definition) is 3. The standard InChI is InChI=1S/C19H21F2N5O2S/c1-8(2)29-18-14(21)17(24-10(4)9(3)19(27)28)25-16(26-18)13-7-23-15-12(13)5-11(20)6-22-15/h5-10H,1-4H3,(H,22,23)(H,27,28)(H,24,25,26)/t9-,10-/m0/s1. The highest BCUT2D eigenvalue weighted by Gasteiger charge is 2.24. The number of carboxylic acid groups (broad SMARTS) is 1. The van der Waals surface area contributed by atoms with Crippen LogP contribution in [0.5, 0.6) is 0 Å². The maximum atomic E-state index is 15.0. The van der Waals surface area contributed by atoms with E-state index in [0.29, 0.717) is 16.6 Å². The Hall–Kier alpha value is -2.75. The molecule has 2 atom stereocenters. The number of rotatable bonds is 7. The van der Waals surface area contributed by atoms with Gasteiger partial charge in [0.15, 0.2) is 17.5 Å². The Balaban J connectivity index is 2.11. The van der Waals surface area contributed by atoms with Gasteiger partial charge in [0.05, 0.1) is 12.1 Å². The summed E-state index contributed by atoms with van der Waals surface area (Å²) in [7, 11) is 0. The van der Waals surface area contributed by atoms with E-state index in [1.54, 1.807) is 13.1 Å². The lowest BCUT2D eigenvalue weighted by atomic mass is 10.0. The summed E-state index contributed by atoms with van der Waals surface area (Å²) >= 11 is 1.22. The Bertz CT molecular complexity index is 1060. The molecular weight excluding hydrogens is 400 g/mol. The second-order valence-electron chi connectivity index (χ2n) is 6.99. The fourth-order valence-electron chi connectivity index (χ4n) is 2.66. The maximum Gasteiger partial charge on any atom is 0.308 e. The molecule has 0 aliphatic carbocycles. The van der Waals surface area contributed by atoms with Gasteiger partial charge in [-0.2, -0.15) is 4.39 Å². The highest BCUT2D eigenvalue weighted by atomic mass is 32.2. The molecule has 3 N–H and O–H groups in total. The van der Waals surface area contributed by atoms with Crippen LogP contribution in [0.1, 0.15) is 27.7 Å². The number of aromatic amines is 1. The number of fused-ring (bicyclic) bond motifs is 1. The van der Waals surface area contributed by atoms with Crippen molar-refractivity contribution in [2.45, 2.75) is 44.0 Å². The minimum atomic E-state index is -1.00. The molecular formula is C19H21F2N5O2S. The van der Waals surface area contributed by atoms with E-state index < -0.39 is 29.6 Å². The van der Waals surface area contributed by atoms with E-state index in [1.165, 1.54) is 24.8 Å². The van der Waals surface area contributed by atoms with Gasteiger partial charge in [-0.25, -0.2) is 19.3 Å². The first-order valence-electron chi connectivity index (χ1n) is 9.04. The Morgan fingerprint density at radius 3 is 2.62 bits per heavy atom. The van der Waals surface area contributed by atoms with E-state index >= 15 is 4.39 Å². The van der Waals surface area contributed by atoms with E-state index in [4.69, 9.17) is 0 Å². The fourth-order valence-corrected chi connectivity index (χ4v) is 3.45. The molecule has 29 heavy (non-hydrogen) atoms. The van der Waals surface area contributed by atoms with E-state index in [2.05, 4.69) is 25.3 Å². The highest BCUT2D eigenvalue weighted by molar-refractivity contribution is 7.99. The molecule has 0 aliphatic rings. The van der Waals surface area contributed by atoms with Gasteiger partial charge in [-0.1, -0.05) is 13.8 Å². The van der Waals surface area contributed by atoms with Crippen LogP contribution in [-0.2, 0) is 4.79 Å². The van der Waals surface area contributed by atoms with Crippen molar-refractivity contribution in [1.82, 2.24) is 19.9 Å². The smallest absolute Gasteiger partial charge is 0.308 e. The molecule has 0 saturated carbocycles. The monoisotopic (exact) mass is 421 g/mol. The van der Waals surface area contributed by atoms with Gasteiger partial charge in [-0.3, -0.25) is 4.79 Å². The van der Waals surface area contributed by atoms with Crippen molar-refractivity contribution in [3.63, 3.8) is 0 Å². The summed E-state index contributed by atoms with van der Waals surface area (Å²) in [4.78, 5) is 26.8. The summed E-state index contributed by atoms with van der Waals surface area (Å²) < 4.78 is 28.7. The van der Waals surface area contributed by atoms with Crippen LogP contribution in [0, 0.1) is 17.6 Å². The molecule has 3 aromatic heterocycles. The van der Waals surface area contributed by atoms with Crippen molar-refractivity contribution in [1.29, 1.82) is 0 Å². The lowest BCUT2D eigenvalue weighted by molar-refractivity contribution is -0.141. The van der Waals surface area contributed by atoms with E-state index in [1.807, 2.05) is 13.8 Å². The second kappa shape index (κ2) is 8.32. The number of anilines is 1. The van der Waals surface area contributed by atoms with Gasteiger partial charge in [0.25, 0.3) is 0 Å². The third-order valence-corrected chi connectivity index (χ3v) is 5.38. The molecule has 0 bridgehead atoms. The number of aliphatic carboxylic acids is 1. The number of aromatic nitrogens is 4. The van der Waals surface area contributed by atoms with Gasteiger partial charge < -0.3 is 15.4 Å². The predicted molar refractivity (Wildman–Crippen MR) is 108 cm³/mol. The molecule has 154 valence electrons. The van der Waals surface area contributed by atoms with E-state index in [9.17, 15) is 14.3 Å². The molecule has 0 radical (unpaired) electrons. The Kier molecular flexibility index (Phi) is 6.02. The molecule has 0 saturated heterocycles. The minimum Gasteiger partial charge on any atom is -0.481 e. The van der Waals surface area contributed by atoms with Crippen LogP contribution in [0.4, 0.5) is 14.6 Å². The number of carboxylic acids is 1. The Labute approximate surface area is 170 Å². The molecule has 7 nitrogen and oxygen atoms in total. The van der Waals surface area contributed by atoms with Gasteiger partial charge >= 0.3 is 5.97 Å². The first-order chi connectivity index (χ1) is 13.7. The normalized spacial score (nSPS) is 13.6. The number of nitrogens with one attached hydrogen (secondary N) is 2. The van der Waals surface area contributed by atoms with Crippen molar-refractivity contribution in [3.05, 3.63) is 30.1 Å². The number of thioether (sulfide) groups is 1. The molecule has 0 unspecified atom stereocenters. The van der Waals surface area contributed by atoms with Crippen LogP contribution in [0.15, 0.2) is 23.5 Å². The molecule has 10 heteroatoms. The van der Waals surface area contributed by atoms with Crippen molar-refractivity contribution in [2.24, 2.45) is 5.92 Å². The average molecular weight is 421 g/mol. The molecule has 3 rings (SSSR count). The summed E-state index contributed by atoms with van der Waals surface area (Å²) in [5.74, 6) is -2.85. The Morgan fingerprint density at radius 2 is 1.97 bits per heavy atom. The van der Waals surface area contributed by atoms with Crippen molar-refractivity contribution < 1.29 is 18.7 Å². The topological polar surface area (TPSA) is 104 Å². The number of halogens is 2. The molecule has 3 aromatic rings. The van der Waals surface area contributed by atoms with Crippen LogP contribution in [0.3, 0.4) is 0 Å². The highest BCUT2D eigenvalue weighted by Crippen LogP contribution is 2.33. The number of carbonyl (C=O) groups is 1. The lowest BCUT2D eigenvalue weighted by Crippen LogP contribution is -2.30. The zero-order chi connectivity index (χ0) is 21.3. The summed E-state index contributed by atoms with van der Waals surface area (Å²) in [6, 6.07) is 0.724. The number of pyridine rings is 1. The maximum absolute atomic E-state index is 15.0. The summed E-state index contributed by atoms with van der Waals surface area (Å²) in [5.41, 5.74) is 0.925. The molecule has 3 heterocycles. The molecule has 0 fully saturated rings. The first-order valence-corrected chi connectivity index (χ1v) is 9.91. The number of H-pyrrole nitrogens is 1. The summed E-state index contributed by atoms with van der Waals surface area (Å²) in [6.45, 7) is 6.97. The fraction of sp³-hybridized carbons (Fsp3) is 0.368. The largest absolute Gasteiger partial charge is 0.481 e. The van der Waals surface area contributed by atoms with Crippen LogP contribution in [0.2, 0.25) is 0 Å². The van der Waals surface area contributed by atoms with Crippen LogP contribution in [-0.4, -0.2) is 42.3 Å². The molecule has 0 amide bonds. The summed E-state index contributed by atoms with van der Waals surface area (Å²) in [6.07, 6.45) is 2.68. The van der Waals surface area contributed by atoms with E-state index in [0.717, 1.165) is 6.20 Å². The zero-order valence-corrected chi connectivity index (χ0v) is 17.1. The van der Waals surface area contributed by atoms with Crippen LogP contribution >= 0.6 is 11.8 Å². The van der Waals surface area contributed by atoms with Crippen molar-refractivity contribution in [2.75, 3.05) is 5.32 Å². The van der Waals surface area contributed by atoms with Crippen molar-refractivity contribution >= 4 is 34.6 Å². The quantitative estimate of drug-likeness (QED) is 0.385. The number of nitrogens with zero attached hydrogens (tertiary/aromatic N) is 3. The lowest BCUT2D eigenvalue weighted by Gasteiger charge is -2.20. The molecule has 0 aromatic carbocycles. The molecule has 0 spiro atoms. The van der Waals surface area contributed by atoms with Gasteiger partial charge in [-0.05, 0) is 19.9 Å². The van der Waals surface area contributed by atoms with Crippen molar-refractivity contribution in [3.8, 4) is 11.4 Å². The minimum absolute atomic E-state index is 0.0533. The predicted octanol–water partition coefficient (Wildman–Crippen LogP) is 4.32. The first kappa shape index (κ1) is 21.0. The third kappa shape index (κ3) is 4.47. The van der Waals surface area contributed by atoms with Crippen LogP contribution in [0.25, 0.3) is 22.4 Å². The van der Waals surface area contributed by atoms with Gasteiger partial charge in [0.1, 0.15) is 16.5 Å². The van der Waals surface area contributed by atoms with Crippen LogP contribution < -0.4 is 5.32 Å². The summed E-state index contributed by atoms with van der Waals surface area (Å²) in [5, 5.41) is 12.7. The Morgan fingerprint density at radius 1 is 1.24 bits per heavy atom. The van der Waals surface area contributed by atoms with Gasteiger partial charge in [0, 0.05) is 28.4 Å². The third-order valence-electron chi connectivity index (χ3n) is 4.41. The van der Waals surface area contributed by atoms with Gasteiger partial charge in [-0.15, -0.1) is 11.8 Å². The SMILES string of the molecule is CC(C)Sc1nc(-c2c[nH]c3ncc(F)cc23)nc(N[C@@H](C)[C@H](C)C(=O)O)c1F. The average Bonchev–Trinajstić information content (AvgIpc) is 3.06. The second-order valence-corrected chi connectivity index (χ2v) is 8.56. The van der Waals surface area contributed by atoms with E-state index in [-0.39, 0.29) is 21.9 Å². The number of hydrogen-bond acceptors (Lipinski definition) is 6. The van der Waals surface area contributed by atoms with Gasteiger partial charge in [0.2, 0.25) is 0 Å². The zero-order valence-electron chi connectivity index (χ0n) is 16.3.